The topological polar surface area (TPSA) is 110 Å². The van der Waals surface area contributed by atoms with E-state index in [9.17, 15) is 0 Å². The summed E-state index contributed by atoms with van der Waals surface area (Å²) in [6, 6.07) is 5.63. The molecule has 4 N–H and O–H groups in total. The summed E-state index contributed by atoms with van der Waals surface area (Å²) in [4.78, 5) is 4.11. The molecule has 7 nitrogen and oxygen atoms in total. The predicted molar refractivity (Wildman–Crippen MR) is 73.3 cm³/mol. The molecule has 0 fully saturated rings. The van der Waals surface area contributed by atoms with Gasteiger partial charge in [-0.1, -0.05) is 22.4 Å². The van der Waals surface area contributed by atoms with Gasteiger partial charge in [0, 0.05) is 12.1 Å². The van der Waals surface area contributed by atoms with Crippen molar-refractivity contribution in [1.82, 2.24) is 15.5 Å². The Morgan fingerprint density at radius 1 is 1.40 bits per heavy atom. The van der Waals surface area contributed by atoms with Gasteiger partial charge in [-0.3, -0.25) is 0 Å². The van der Waals surface area contributed by atoms with Gasteiger partial charge < -0.3 is 20.8 Å². The highest BCUT2D eigenvalue weighted by Gasteiger charge is 2.05. The van der Waals surface area contributed by atoms with E-state index in [-0.39, 0.29) is 5.84 Å². The smallest absolute Gasteiger partial charge is 0.240 e. The number of hydrogen-bond donors (Lipinski definition) is 3. The van der Waals surface area contributed by atoms with Gasteiger partial charge in [-0.2, -0.15) is 4.98 Å². The Labute approximate surface area is 116 Å². The molecule has 7 heteroatoms. The Morgan fingerprint density at radius 3 is 2.80 bits per heavy atom. The van der Waals surface area contributed by atoms with Gasteiger partial charge in [0.05, 0.1) is 6.54 Å². The monoisotopic (exact) mass is 275 g/mol. The van der Waals surface area contributed by atoms with Crippen molar-refractivity contribution in [2.45, 2.75) is 26.9 Å². The molecule has 0 spiro atoms. The van der Waals surface area contributed by atoms with Gasteiger partial charge in [-0.05, 0) is 31.0 Å². The minimum Gasteiger partial charge on any atom is -0.409 e. The van der Waals surface area contributed by atoms with Crippen LogP contribution < -0.4 is 11.1 Å². The highest BCUT2D eigenvalue weighted by atomic mass is 16.5. The summed E-state index contributed by atoms with van der Waals surface area (Å²) in [5.74, 6) is 1.29. The molecule has 0 bridgehead atoms. The number of amidine groups is 1. The van der Waals surface area contributed by atoms with Gasteiger partial charge in [0.1, 0.15) is 0 Å². The zero-order valence-electron chi connectivity index (χ0n) is 11.4. The average molecular weight is 275 g/mol. The molecule has 0 saturated carbocycles. The van der Waals surface area contributed by atoms with Gasteiger partial charge in [-0.15, -0.1) is 0 Å². The van der Waals surface area contributed by atoms with Crippen LogP contribution in [0.15, 0.2) is 27.9 Å². The number of oxime groups is 1. The Kier molecular flexibility index (Phi) is 4.31. The van der Waals surface area contributed by atoms with Gasteiger partial charge >= 0.3 is 0 Å². The molecule has 0 aliphatic rings. The Balaban J connectivity index is 1.96. The van der Waals surface area contributed by atoms with Crippen molar-refractivity contribution in [3.05, 3.63) is 46.6 Å². The molecule has 0 radical (unpaired) electrons. The number of nitrogens with two attached hydrogens (primary N) is 1. The van der Waals surface area contributed by atoms with E-state index < -0.39 is 0 Å². The molecule has 0 aliphatic carbocycles. The van der Waals surface area contributed by atoms with Crippen molar-refractivity contribution in [3.63, 3.8) is 0 Å². The van der Waals surface area contributed by atoms with E-state index in [1.807, 2.05) is 25.1 Å². The molecule has 0 saturated heterocycles. The van der Waals surface area contributed by atoms with Crippen LogP contribution >= 0.6 is 0 Å². The molecular weight excluding hydrogens is 258 g/mol. The van der Waals surface area contributed by atoms with E-state index >= 15 is 0 Å². The van der Waals surface area contributed by atoms with Crippen molar-refractivity contribution < 1.29 is 9.73 Å². The molecule has 2 aromatic rings. The molecule has 1 aromatic carbocycles. The first-order valence-electron chi connectivity index (χ1n) is 6.17. The zero-order valence-corrected chi connectivity index (χ0v) is 11.4. The molecular formula is C13H17N5O2. The zero-order chi connectivity index (χ0) is 14.5. The lowest BCUT2D eigenvalue weighted by molar-refractivity contribution is 0.318. The van der Waals surface area contributed by atoms with Crippen LogP contribution in [0.5, 0.6) is 0 Å². The van der Waals surface area contributed by atoms with Gasteiger partial charge in [0.2, 0.25) is 5.89 Å². The van der Waals surface area contributed by atoms with E-state index in [0.29, 0.717) is 30.4 Å². The molecule has 0 unspecified atom stereocenters. The minimum atomic E-state index is 0.106. The van der Waals surface area contributed by atoms with Crippen LogP contribution in [0, 0.1) is 13.8 Å². The van der Waals surface area contributed by atoms with E-state index in [0.717, 1.165) is 11.1 Å². The molecule has 0 amide bonds. The molecule has 106 valence electrons. The van der Waals surface area contributed by atoms with Crippen LogP contribution in [-0.2, 0) is 13.1 Å². The average Bonchev–Trinajstić information content (AvgIpc) is 2.85. The summed E-state index contributed by atoms with van der Waals surface area (Å²) < 4.78 is 5.01. The molecule has 20 heavy (non-hydrogen) atoms. The molecule has 0 aliphatic heterocycles. The third-order valence-electron chi connectivity index (χ3n) is 2.91. The largest absolute Gasteiger partial charge is 0.409 e. The van der Waals surface area contributed by atoms with Crippen molar-refractivity contribution in [2.75, 3.05) is 0 Å². The molecule has 1 aromatic heterocycles. The van der Waals surface area contributed by atoms with Gasteiger partial charge in [0.25, 0.3) is 0 Å². The van der Waals surface area contributed by atoms with Gasteiger partial charge in [-0.25, -0.2) is 0 Å². The van der Waals surface area contributed by atoms with Crippen LogP contribution in [0.1, 0.15) is 28.4 Å². The third kappa shape index (κ3) is 3.33. The van der Waals surface area contributed by atoms with Crippen LogP contribution in [0.25, 0.3) is 0 Å². The number of aromatic nitrogens is 2. The summed E-state index contributed by atoms with van der Waals surface area (Å²) in [7, 11) is 0. The van der Waals surface area contributed by atoms with Crippen molar-refractivity contribution in [2.24, 2.45) is 10.9 Å². The maximum atomic E-state index is 8.65. The minimum absolute atomic E-state index is 0.106. The number of nitrogens with zero attached hydrogens (tertiary/aromatic N) is 3. The quantitative estimate of drug-likeness (QED) is 0.326. The fourth-order valence-electron chi connectivity index (χ4n) is 1.83. The lowest BCUT2D eigenvalue weighted by Gasteiger charge is -2.08. The Hall–Kier alpha value is -2.41. The Bertz CT molecular complexity index is 621. The fourth-order valence-corrected chi connectivity index (χ4v) is 1.83. The lowest BCUT2D eigenvalue weighted by Crippen LogP contribution is -2.16. The number of benzene rings is 1. The first kappa shape index (κ1) is 14.0. The number of hydrogen-bond acceptors (Lipinski definition) is 6. The summed E-state index contributed by atoms with van der Waals surface area (Å²) in [5, 5.41) is 18.6. The molecule has 1 heterocycles. The fraction of sp³-hybridized carbons (Fsp3) is 0.308. The van der Waals surface area contributed by atoms with Crippen LogP contribution in [0.2, 0.25) is 0 Å². The summed E-state index contributed by atoms with van der Waals surface area (Å²) in [6.45, 7) is 4.94. The van der Waals surface area contributed by atoms with E-state index in [4.69, 9.17) is 15.5 Å². The maximum absolute atomic E-state index is 8.65. The summed E-state index contributed by atoms with van der Waals surface area (Å²) in [5.41, 5.74) is 8.42. The van der Waals surface area contributed by atoms with Crippen LogP contribution in [0.3, 0.4) is 0 Å². The third-order valence-corrected chi connectivity index (χ3v) is 2.91. The first-order chi connectivity index (χ1) is 9.60. The SMILES string of the molecule is Cc1noc(CNCc2ccc(/C(N)=N/O)cc2C)n1. The second kappa shape index (κ2) is 6.16. The number of nitrogens with one attached hydrogen (secondary N) is 1. The normalized spacial score (nSPS) is 11.8. The van der Waals surface area contributed by atoms with Crippen LogP contribution in [-0.4, -0.2) is 21.2 Å². The van der Waals surface area contributed by atoms with Crippen molar-refractivity contribution in [3.8, 4) is 0 Å². The van der Waals surface area contributed by atoms with Crippen LogP contribution in [0.4, 0.5) is 0 Å². The second-order valence-electron chi connectivity index (χ2n) is 4.47. The summed E-state index contributed by atoms with van der Waals surface area (Å²) in [6.07, 6.45) is 0. The van der Waals surface area contributed by atoms with E-state index in [1.54, 1.807) is 6.92 Å². The van der Waals surface area contributed by atoms with Crippen molar-refractivity contribution >= 4 is 5.84 Å². The van der Waals surface area contributed by atoms with E-state index in [2.05, 4.69) is 20.6 Å². The highest BCUT2D eigenvalue weighted by Crippen LogP contribution is 2.11. The first-order valence-corrected chi connectivity index (χ1v) is 6.17. The van der Waals surface area contributed by atoms with E-state index in [1.165, 1.54) is 0 Å². The van der Waals surface area contributed by atoms with Crippen molar-refractivity contribution in [1.29, 1.82) is 0 Å². The lowest BCUT2D eigenvalue weighted by atomic mass is 10.0. The second-order valence-corrected chi connectivity index (χ2v) is 4.47. The summed E-state index contributed by atoms with van der Waals surface area (Å²) >= 11 is 0. The molecule has 2 rings (SSSR count). The predicted octanol–water partition coefficient (Wildman–Crippen LogP) is 1.07. The maximum Gasteiger partial charge on any atom is 0.240 e. The van der Waals surface area contributed by atoms with Gasteiger partial charge in [0.15, 0.2) is 11.7 Å². The number of aryl methyl sites for hydroxylation is 2. The Morgan fingerprint density at radius 2 is 2.20 bits per heavy atom. The number of rotatable bonds is 5. The standard InChI is InChI=1S/C13H17N5O2/c1-8-5-10(13(14)17-19)3-4-11(8)6-15-7-12-16-9(2)18-20-12/h3-5,15,19H,6-7H2,1-2H3,(H2,14,17). The molecule has 0 atom stereocenters. The highest BCUT2D eigenvalue weighted by molar-refractivity contribution is 5.97.